The first-order valence-corrected chi connectivity index (χ1v) is 6.97. The average Bonchev–Trinajstić information content (AvgIpc) is 2.92. The third kappa shape index (κ3) is 4.76. The number of nitrogens with zero attached hydrogens (tertiary/aromatic N) is 4. The van der Waals surface area contributed by atoms with Gasteiger partial charge >= 0.3 is 12.1 Å². The highest BCUT2D eigenvalue weighted by Crippen LogP contribution is 2.29. The molecule has 0 atom stereocenters. The van der Waals surface area contributed by atoms with Crippen LogP contribution in [-0.4, -0.2) is 26.2 Å². The number of alkyl halides is 3. The molecule has 23 heavy (non-hydrogen) atoms. The van der Waals surface area contributed by atoms with E-state index in [0.717, 1.165) is 18.6 Å². The van der Waals surface area contributed by atoms with Crippen LogP contribution in [-0.2, 0) is 35.3 Å². The molecule has 0 aliphatic rings. The van der Waals surface area contributed by atoms with Gasteiger partial charge in [-0.1, -0.05) is 25.1 Å². The van der Waals surface area contributed by atoms with Gasteiger partial charge in [-0.05, 0) is 28.5 Å². The molecule has 0 saturated heterocycles. The minimum absolute atomic E-state index is 0.120. The summed E-state index contributed by atoms with van der Waals surface area (Å²) < 4.78 is 44.4. The lowest BCUT2D eigenvalue weighted by Gasteiger charge is -2.09. The minimum atomic E-state index is -4.44. The lowest BCUT2D eigenvalue weighted by Crippen LogP contribution is -2.13. The van der Waals surface area contributed by atoms with Crippen LogP contribution in [0.1, 0.15) is 30.3 Å². The molecule has 6 nitrogen and oxygen atoms in total. The maximum atomic E-state index is 12.6. The molecule has 0 unspecified atom stereocenters. The third-order valence-corrected chi connectivity index (χ3v) is 3.01. The van der Waals surface area contributed by atoms with Crippen LogP contribution in [0.25, 0.3) is 0 Å². The van der Waals surface area contributed by atoms with Crippen LogP contribution in [0.3, 0.4) is 0 Å². The highest BCUT2D eigenvalue weighted by molar-refractivity contribution is 5.72. The van der Waals surface area contributed by atoms with E-state index in [9.17, 15) is 18.0 Å². The molecule has 0 fully saturated rings. The van der Waals surface area contributed by atoms with Crippen LogP contribution in [0.15, 0.2) is 24.3 Å². The van der Waals surface area contributed by atoms with Crippen LogP contribution in [0, 0.1) is 0 Å². The van der Waals surface area contributed by atoms with Crippen molar-refractivity contribution in [2.75, 3.05) is 0 Å². The van der Waals surface area contributed by atoms with Gasteiger partial charge in [-0.2, -0.15) is 13.2 Å². The number of aromatic nitrogens is 4. The summed E-state index contributed by atoms with van der Waals surface area (Å²) in [4.78, 5) is 11.8. The second-order valence-corrected chi connectivity index (χ2v) is 4.85. The number of halogens is 3. The number of esters is 1. The number of rotatable bonds is 6. The van der Waals surface area contributed by atoms with E-state index in [4.69, 9.17) is 4.74 Å². The maximum absolute atomic E-state index is 12.6. The molecular formula is C14H15F3N4O2. The maximum Gasteiger partial charge on any atom is 0.416 e. The van der Waals surface area contributed by atoms with Gasteiger partial charge in [0.15, 0.2) is 12.4 Å². The zero-order valence-electron chi connectivity index (χ0n) is 12.4. The minimum Gasteiger partial charge on any atom is -0.457 e. The summed E-state index contributed by atoms with van der Waals surface area (Å²) >= 11 is 0. The van der Waals surface area contributed by atoms with E-state index < -0.39 is 17.7 Å². The molecule has 0 N–H and O–H groups in total. The molecule has 0 bridgehead atoms. The molecule has 0 amide bonds. The van der Waals surface area contributed by atoms with Crippen LogP contribution < -0.4 is 0 Å². The highest BCUT2D eigenvalue weighted by Gasteiger charge is 2.30. The van der Waals surface area contributed by atoms with Crippen molar-refractivity contribution in [2.45, 2.75) is 39.1 Å². The van der Waals surface area contributed by atoms with E-state index in [1.807, 2.05) is 6.92 Å². The lowest BCUT2D eigenvalue weighted by molar-refractivity contribution is -0.144. The summed E-state index contributed by atoms with van der Waals surface area (Å²) in [6.07, 6.45) is -3.88. The van der Waals surface area contributed by atoms with E-state index in [0.29, 0.717) is 12.4 Å². The molecule has 0 aliphatic carbocycles. The first kappa shape index (κ1) is 16.9. The summed E-state index contributed by atoms with van der Waals surface area (Å²) in [7, 11) is 0. The van der Waals surface area contributed by atoms with Crippen molar-refractivity contribution in [1.29, 1.82) is 0 Å². The van der Waals surface area contributed by atoms with Gasteiger partial charge in [0.05, 0.1) is 12.0 Å². The van der Waals surface area contributed by atoms with Crippen LogP contribution >= 0.6 is 0 Å². The molecule has 0 aliphatic heterocycles. The number of ether oxygens (including phenoxy) is 1. The summed E-state index contributed by atoms with van der Waals surface area (Å²) in [5.41, 5.74) is -0.562. The topological polar surface area (TPSA) is 69.9 Å². The van der Waals surface area contributed by atoms with E-state index in [1.165, 1.54) is 16.8 Å². The number of carbonyl (C=O) groups is 1. The van der Waals surface area contributed by atoms with E-state index in [1.54, 1.807) is 0 Å². The summed E-state index contributed by atoms with van der Waals surface area (Å²) in [6.45, 7) is 2.42. The van der Waals surface area contributed by atoms with Crippen molar-refractivity contribution in [3.05, 3.63) is 41.2 Å². The molecule has 0 saturated carbocycles. The van der Waals surface area contributed by atoms with Crippen molar-refractivity contribution in [1.82, 2.24) is 20.2 Å². The Morgan fingerprint density at radius 2 is 2.13 bits per heavy atom. The largest absolute Gasteiger partial charge is 0.457 e. The molecule has 1 aromatic heterocycles. The Labute approximate surface area is 130 Å². The predicted molar refractivity (Wildman–Crippen MR) is 73.1 cm³/mol. The van der Waals surface area contributed by atoms with E-state index in [-0.39, 0.29) is 18.6 Å². The second kappa shape index (κ2) is 7.21. The molecule has 124 valence electrons. The summed E-state index contributed by atoms with van der Waals surface area (Å²) in [6, 6.07) is 4.58. The second-order valence-electron chi connectivity index (χ2n) is 4.85. The summed E-state index contributed by atoms with van der Waals surface area (Å²) in [5, 5.41) is 11.0. The number of aryl methyl sites for hydroxylation is 1. The zero-order valence-corrected chi connectivity index (χ0v) is 12.4. The zero-order chi connectivity index (χ0) is 16.9. The van der Waals surface area contributed by atoms with Gasteiger partial charge in [0.25, 0.3) is 0 Å². The first-order valence-electron chi connectivity index (χ1n) is 6.97. The Balaban J connectivity index is 1.93. The smallest absolute Gasteiger partial charge is 0.416 e. The van der Waals surface area contributed by atoms with Gasteiger partial charge in [-0.15, -0.1) is 5.10 Å². The molecule has 2 rings (SSSR count). The molecule has 0 spiro atoms. The fraction of sp³-hybridized carbons (Fsp3) is 0.429. The average molecular weight is 328 g/mol. The normalized spacial score (nSPS) is 11.5. The molecule has 2 aromatic rings. The van der Waals surface area contributed by atoms with Crippen LogP contribution in [0.5, 0.6) is 0 Å². The van der Waals surface area contributed by atoms with Crippen LogP contribution in [0.2, 0.25) is 0 Å². The Morgan fingerprint density at radius 1 is 1.35 bits per heavy atom. The number of tetrazole rings is 1. The van der Waals surface area contributed by atoms with E-state index in [2.05, 4.69) is 15.5 Å². The van der Waals surface area contributed by atoms with Gasteiger partial charge < -0.3 is 4.74 Å². The first-order chi connectivity index (χ1) is 10.9. The molecule has 1 aromatic carbocycles. The molecule has 1 heterocycles. The standard InChI is InChI=1S/C14H15F3N4O2/c1-2-6-21-12(18-19-20-21)9-23-13(22)8-10-4-3-5-11(7-10)14(15,16)17/h3-5,7H,2,6,8-9H2,1H3. The Kier molecular flexibility index (Phi) is 5.30. The monoisotopic (exact) mass is 328 g/mol. The van der Waals surface area contributed by atoms with Crippen molar-refractivity contribution in [3.8, 4) is 0 Å². The Hall–Kier alpha value is -2.45. The third-order valence-electron chi connectivity index (χ3n) is 3.01. The van der Waals surface area contributed by atoms with Crippen molar-refractivity contribution >= 4 is 5.97 Å². The van der Waals surface area contributed by atoms with Gasteiger partial charge in [-0.3, -0.25) is 4.79 Å². The van der Waals surface area contributed by atoms with Crippen molar-refractivity contribution in [3.63, 3.8) is 0 Å². The Morgan fingerprint density at radius 3 is 2.83 bits per heavy atom. The van der Waals surface area contributed by atoms with Gasteiger partial charge in [0.1, 0.15) is 0 Å². The lowest BCUT2D eigenvalue weighted by atomic mass is 10.1. The molecule has 0 radical (unpaired) electrons. The molecular weight excluding hydrogens is 313 g/mol. The van der Waals surface area contributed by atoms with Crippen molar-refractivity contribution < 1.29 is 22.7 Å². The summed E-state index contributed by atoms with van der Waals surface area (Å²) in [5.74, 6) is -0.250. The van der Waals surface area contributed by atoms with Gasteiger partial charge in [-0.25, -0.2) is 4.68 Å². The Bertz CT molecular complexity index is 670. The number of hydrogen-bond acceptors (Lipinski definition) is 5. The fourth-order valence-electron chi connectivity index (χ4n) is 1.93. The van der Waals surface area contributed by atoms with Crippen LogP contribution in [0.4, 0.5) is 13.2 Å². The highest BCUT2D eigenvalue weighted by atomic mass is 19.4. The number of hydrogen-bond donors (Lipinski definition) is 0. The SMILES string of the molecule is CCCn1nnnc1COC(=O)Cc1cccc(C(F)(F)F)c1. The molecule has 9 heteroatoms. The fourth-order valence-corrected chi connectivity index (χ4v) is 1.93. The van der Waals surface area contributed by atoms with E-state index >= 15 is 0 Å². The number of benzene rings is 1. The quantitative estimate of drug-likeness (QED) is 0.762. The van der Waals surface area contributed by atoms with Gasteiger partial charge in [0.2, 0.25) is 0 Å². The van der Waals surface area contributed by atoms with Gasteiger partial charge in [0, 0.05) is 6.54 Å². The number of carbonyl (C=O) groups excluding carboxylic acids is 1. The predicted octanol–water partition coefficient (Wildman–Crippen LogP) is 2.39. The van der Waals surface area contributed by atoms with Crippen molar-refractivity contribution in [2.24, 2.45) is 0 Å².